The number of aryl methyl sites for hydroxylation is 1. The number of hydrogen-bond acceptors (Lipinski definition) is 4. The molecule has 2 heterocycles. The predicted octanol–water partition coefficient (Wildman–Crippen LogP) is 1.76. The predicted molar refractivity (Wildman–Crippen MR) is 88.5 cm³/mol. The first-order valence-corrected chi connectivity index (χ1v) is 7.50. The lowest BCUT2D eigenvalue weighted by Gasteiger charge is -2.16. The first-order valence-electron chi connectivity index (χ1n) is 7.50. The molecule has 123 valence electrons. The Bertz CT molecular complexity index is 810. The summed E-state index contributed by atoms with van der Waals surface area (Å²) >= 11 is 0. The van der Waals surface area contributed by atoms with Crippen LogP contribution in [0.4, 0.5) is 0 Å². The lowest BCUT2D eigenvalue weighted by Crippen LogP contribution is -2.30. The van der Waals surface area contributed by atoms with Gasteiger partial charge in [-0.1, -0.05) is 0 Å². The summed E-state index contributed by atoms with van der Waals surface area (Å²) in [6.45, 7) is 0.867. The van der Waals surface area contributed by atoms with E-state index in [1.165, 1.54) is 6.20 Å². The van der Waals surface area contributed by atoms with Crippen LogP contribution in [0.25, 0.3) is 11.1 Å². The summed E-state index contributed by atoms with van der Waals surface area (Å²) in [4.78, 5) is 13.7. The standard InChI is InChI=1S/C17H18N5O2/c1-21(17(23)14-9-18-19-10-14)6-7-24-16-5-3-4-13(8-16)15-11-20-22(2)12-15/h4-5,8-12H,6-7H2,1-2H3,(H,18,19). The molecule has 1 N–H and O–H groups in total. The van der Waals surface area contributed by atoms with Gasteiger partial charge in [0.05, 0.1) is 24.5 Å². The summed E-state index contributed by atoms with van der Waals surface area (Å²) in [5.74, 6) is 0.614. The number of rotatable bonds is 6. The van der Waals surface area contributed by atoms with Gasteiger partial charge in [0.15, 0.2) is 0 Å². The highest BCUT2D eigenvalue weighted by Crippen LogP contribution is 2.22. The van der Waals surface area contributed by atoms with Gasteiger partial charge in [-0.05, 0) is 29.8 Å². The van der Waals surface area contributed by atoms with E-state index in [1.54, 1.807) is 35.1 Å². The molecule has 1 aromatic carbocycles. The lowest BCUT2D eigenvalue weighted by molar-refractivity contribution is 0.0774. The van der Waals surface area contributed by atoms with Crippen molar-refractivity contribution in [2.75, 3.05) is 20.2 Å². The van der Waals surface area contributed by atoms with Crippen LogP contribution in [0, 0.1) is 6.07 Å². The molecule has 3 aromatic rings. The first-order chi connectivity index (χ1) is 11.6. The highest BCUT2D eigenvalue weighted by Gasteiger charge is 2.12. The van der Waals surface area contributed by atoms with Crippen molar-refractivity contribution >= 4 is 5.91 Å². The zero-order chi connectivity index (χ0) is 16.9. The smallest absolute Gasteiger partial charge is 0.256 e. The van der Waals surface area contributed by atoms with Crippen molar-refractivity contribution in [1.29, 1.82) is 0 Å². The second-order valence-corrected chi connectivity index (χ2v) is 5.42. The Hall–Kier alpha value is -3.09. The molecule has 0 aliphatic carbocycles. The van der Waals surface area contributed by atoms with Crippen molar-refractivity contribution in [1.82, 2.24) is 24.9 Å². The van der Waals surface area contributed by atoms with E-state index >= 15 is 0 Å². The van der Waals surface area contributed by atoms with Crippen molar-refractivity contribution in [3.8, 4) is 16.9 Å². The molecule has 0 saturated carbocycles. The Balaban J connectivity index is 1.56. The van der Waals surface area contributed by atoms with E-state index in [9.17, 15) is 4.79 Å². The van der Waals surface area contributed by atoms with Crippen LogP contribution in [0.5, 0.6) is 5.75 Å². The molecule has 0 atom stereocenters. The summed E-state index contributed by atoms with van der Waals surface area (Å²) in [5.41, 5.74) is 2.53. The molecule has 2 aromatic heterocycles. The number of benzene rings is 1. The fourth-order valence-corrected chi connectivity index (χ4v) is 2.26. The molecular formula is C17H18N5O2. The quantitative estimate of drug-likeness (QED) is 0.749. The fourth-order valence-electron chi connectivity index (χ4n) is 2.26. The number of carbonyl (C=O) groups excluding carboxylic acids is 1. The van der Waals surface area contributed by atoms with Gasteiger partial charge in [-0.3, -0.25) is 14.6 Å². The summed E-state index contributed by atoms with van der Waals surface area (Å²) < 4.78 is 7.49. The minimum absolute atomic E-state index is 0.0944. The number of likely N-dealkylation sites (N-methyl/N-ethyl adjacent to an activating group) is 1. The van der Waals surface area contributed by atoms with Gasteiger partial charge in [0, 0.05) is 32.1 Å². The van der Waals surface area contributed by atoms with E-state index < -0.39 is 0 Å². The highest BCUT2D eigenvalue weighted by molar-refractivity contribution is 5.93. The minimum Gasteiger partial charge on any atom is -0.492 e. The van der Waals surface area contributed by atoms with Gasteiger partial charge in [-0.2, -0.15) is 10.2 Å². The van der Waals surface area contributed by atoms with E-state index in [2.05, 4.69) is 21.4 Å². The van der Waals surface area contributed by atoms with Crippen LogP contribution in [0.15, 0.2) is 43.0 Å². The summed E-state index contributed by atoms with van der Waals surface area (Å²) in [6.07, 6.45) is 6.81. The third-order valence-electron chi connectivity index (χ3n) is 3.59. The number of carbonyl (C=O) groups is 1. The van der Waals surface area contributed by atoms with Gasteiger partial charge in [0.2, 0.25) is 0 Å². The minimum atomic E-state index is -0.0944. The highest BCUT2D eigenvalue weighted by atomic mass is 16.5. The van der Waals surface area contributed by atoms with Crippen LogP contribution in [0.2, 0.25) is 0 Å². The van der Waals surface area contributed by atoms with Crippen LogP contribution in [-0.4, -0.2) is 51.0 Å². The molecule has 0 aliphatic heterocycles. The van der Waals surface area contributed by atoms with Gasteiger partial charge in [0.1, 0.15) is 12.4 Å². The topological polar surface area (TPSA) is 76.0 Å². The molecule has 1 radical (unpaired) electrons. The van der Waals surface area contributed by atoms with Crippen LogP contribution in [0.1, 0.15) is 10.4 Å². The molecule has 7 heteroatoms. The van der Waals surface area contributed by atoms with Gasteiger partial charge in [-0.25, -0.2) is 0 Å². The monoisotopic (exact) mass is 324 g/mol. The Morgan fingerprint density at radius 1 is 1.38 bits per heavy atom. The Morgan fingerprint density at radius 3 is 2.96 bits per heavy atom. The summed E-state index contributed by atoms with van der Waals surface area (Å²) in [7, 11) is 3.61. The van der Waals surface area contributed by atoms with Crippen LogP contribution in [0.3, 0.4) is 0 Å². The van der Waals surface area contributed by atoms with E-state index in [4.69, 9.17) is 4.74 Å². The average Bonchev–Trinajstić information content (AvgIpc) is 3.26. The Labute approximate surface area is 139 Å². The summed E-state index contributed by atoms with van der Waals surface area (Å²) in [5, 5.41) is 10.6. The molecule has 0 unspecified atom stereocenters. The number of amides is 1. The number of ether oxygens (including phenoxy) is 1. The van der Waals surface area contributed by atoms with Crippen molar-refractivity contribution in [2.24, 2.45) is 7.05 Å². The third-order valence-corrected chi connectivity index (χ3v) is 3.59. The maximum absolute atomic E-state index is 12.1. The normalized spacial score (nSPS) is 10.6. The van der Waals surface area contributed by atoms with Crippen molar-refractivity contribution < 1.29 is 9.53 Å². The molecule has 0 saturated heterocycles. The molecule has 3 rings (SSSR count). The fraction of sp³-hybridized carbons (Fsp3) is 0.235. The second-order valence-electron chi connectivity index (χ2n) is 5.42. The largest absolute Gasteiger partial charge is 0.492 e. The molecule has 0 fully saturated rings. The molecule has 1 amide bonds. The number of hydrogen-bond donors (Lipinski definition) is 1. The van der Waals surface area contributed by atoms with Crippen molar-refractivity contribution in [3.05, 3.63) is 54.6 Å². The number of H-pyrrole nitrogens is 1. The first kappa shape index (κ1) is 15.8. The number of nitrogens with one attached hydrogen (secondary N) is 1. The van der Waals surface area contributed by atoms with Gasteiger partial charge in [0.25, 0.3) is 5.91 Å². The number of aromatic nitrogens is 4. The van der Waals surface area contributed by atoms with E-state index in [0.29, 0.717) is 24.5 Å². The van der Waals surface area contributed by atoms with E-state index in [1.807, 2.05) is 25.4 Å². The second kappa shape index (κ2) is 6.99. The molecule has 24 heavy (non-hydrogen) atoms. The van der Waals surface area contributed by atoms with Gasteiger partial charge in [-0.15, -0.1) is 0 Å². The lowest BCUT2D eigenvalue weighted by atomic mass is 10.1. The molecule has 0 aliphatic rings. The van der Waals surface area contributed by atoms with Crippen molar-refractivity contribution in [3.63, 3.8) is 0 Å². The van der Waals surface area contributed by atoms with Gasteiger partial charge >= 0.3 is 0 Å². The van der Waals surface area contributed by atoms with Crippen LogP contribution >= 0.6 is 0 Å². The van der Waals surface area contributed by atoms with E-state index in [0.717, 1.165) is 11.1 Å². The molecule has 0 spiro atoms. The van der Waals surface area contributed by atoms with E-state index in [-0.39, 0.29) is 5.91 Å². The number of aromatic amines is 1. The Morgan fingerprint density at radius 2 is 2.25 bits per heavy atom. The molecule has 7 nitrogen and oxygen atoms in total. The third kappa shape index (κ3) is 3.62. The number of nitrogens with zero attached hydrogens (tertiary/aromatic N) is 4. The zero-order valence-electron chi connectivity index (χ0n) is 13.6. The zero-order valence-corrected chi connectivity index (χ0v) is 13.6. The molecule has 0 bridgehead atoms. The average molecular weight is 324 g/mol. The Kier molecular flexibility index (Phi) is 4.60. The SMILES string of the molecule is CN(CCOc1c[c]cc(-c2cnn(C)c2)c1)C(=O)c1cn[nH]c1. The maximum Gasteiger partial charge on any atom is 0.256 e. The maximum atomic E-state index is 12.1. The van der Waals surface area contributed by atoms with Gasteiger partial charge < -0.3 is 9.64 Å². The summed E-state index contributed by atoms with van der Waals surface area (Å²) in [6, 6.07) is 8.66. The van der Waals surface area contributed by atoms with Crippen LogP contribution < -0.4 is 4.74 Å². The molecular weight excluding hydrogens is 306 g/mol. The van der Waals surface area contributed by atoms with Crippen LogP contribution in [-0.2, 0) is 7.05 Å². The van der Waals surface area contributed by atoms with Crippen molar-refractivity contribution in [2.45, 2.75) is 0 Å².